The fraction of sp³-hybridized carbons (Fsp3) is 0.933. The molecular formula is C15H31AlO. The average Bonchev–Trinajstić information content (AvgIpc) is 2.36. The van der Waals surface area contributed by atoms with Gasteiger partial charge in [0.1, 0.15) is 0 Å². The molecule has 0 spiro atoms. The molecule has 0 bridgehead atoms. The third kappa shape index (κ3) is 12.4. The molecule has 0 aromatic heterocycles. The lowest BCUT2D eigenvalue weighted by Crippen LogP contribution is -2.14. The summed E-state index contributed by atoms with van der Waals surface area (Å²) in [6.45, 7) is 4.50. The minimum absolute atomic E-state index is 0.997. The molecule has 2 heteroatoms. The second kappa shape index (κ2) is 14.3. The van der Waals surface area contributed by atoms with Gasteiger partial charge in [0.2, 0.25) is 0 Å². The Morgan fingerprint density at radius 1 is 0.706 bits per heavy atom. The van der Waals surface area contributed by atoms with Gasteiger partial charge in [-0.3, -0.25) is 0 Å². The monoisotopic (exact) mass is 254 g/mol. The van der Waals surface area contributed by atoms with E-state index in [0.717, 1.165) is 0 Å². The van der Waals surface area contributed by atoms with Crippen LogP contribution in [0, 0.1) is 0 Å². The second-order valence-corrected chi connectivity index (χ2v) is 8.25. The summed E-state index contributed by atoms with van der Waals surface area (Å²) in [6.07, 6.45) is 13.4. The van der Waals surface area contributed by atoms with E-state index in [2.05, 4.69) is 13.8 Å². The van der Waals surface area contributed by atoms with Crippen molar-refractivity contribution in [2.45, 2.75) is 88.6 Å². The van der Waals surface area contributed by atoms with E-state index in [1.54, 1.807) is 0 Å². The van der Waals surface area contributed by atoms with E-state index in [1.165, 1.54) is 79.9 Å². The van der Waals surface area contributed by atoms with E-state index in [4.69, 9.17) is 0 Å². The van der Waals surface area contributed by atoms with Gasteiger partial charge in [-0.2, -0.15) is 0 Å². The number of hydrogen-bond donors (Lipinski definition) is 0. The first kappa shape index (κ1) is 17.2. The Labute approximate surface area is 113 Å². The largest absolute Gasteiger partial charge is 0.360 e. The van der Waals surface area contributed by atoms with Gasteiger partial charge in [0.05, 0.1) is 0 Å². The number of unbranched alkanes of at least 4 members (excludes halogenated alkanes) is 8. The molecule has 0 amide bonds. The molecule has 0 aromatic rings. The molecule has 0 aliphatic heterocycles. The molecule has 0 saturated heterocycles. The van der Waals surface area contributed by atoms with Gasteiger partial charge in [-0.1, -0.05) is 88.6 Å². The SMILES string of the molecule is CCCCCC[CH2][Al]([CH]=O)[CH2]CCCCCC. The van der Waals surface area contributed by atoms with Gasteiger partial charge in [-0.15, -0.1) is 0 Å². The van der Waals surface area contributed by atoms with Crippen LogP contribution in [0.25, 0.3) is 0 Å². The van der Waals surface area contributed by atoms with Crippen molar-refractivity contribution in [1.82, 2.24) is 0 Å². The minimum atomic E-state index is -0.997. The molecule has 17 heavy (non-hydrogen) atoms. The first-order valence-corrected chi connectivity index (χ1v) is 10.1. The van der Waals surface area contributed by atoms with Crippen molar-refractivity contribution in [2.24, 2.45) is 0 Å². The fourth-order valence-electron chi connectivity index (χ4n) is 2.30. The van der Waals surface area contributed by atoms with E-state index >= 15 is 0 Å². The molecule has 0 fully saturated rings. The second-order valence-electron chi connectivity index (χ2n) is 5.30. The topological polar surface area (TPSA) is 17.1 Å². The first-order valence-electron chi connectivity index (χ1n) is 7.80. The van der Waals surface area contributed by atoms with Crippen LogP contribution in [0.5, 0.6) is 0 Å². The highest BCUT2D eigenvalue weighted by molar-refractivity contribution is 6.84. The van der Waals surface area contributed by atoms with Crippen LogP contribution in [0.2, 0.25) is 10.6 Å². The molecule has 0 saturated carbocycles. The van der Waals surface area contributed by atoms with Crippen LogP contribution in [0.1, 0.15) is 78.1 Å². The number of hydrogen-bond acceptors (Lipinski definition) is 1. The van der Waals surface area contributed by atoms with Gasteiger partial charge in [0, 0.05) is 5.15 Å². The molecule has 0 unspecified atom stereocenters. The molecular weight excluding hydrogens is 223 g/mol. The summed E-state index contributed by atoms with van der Waals surface area (Å²) < 4.78 is 0. The zero-order chi connectivity index (χ0) is 12.8. The zero-order valence-electron chi connectivity index (χ0n) is 12.0. The van der Waals surface area contributed by atoms with Crippen LogP contribution in [-0.4, -0.2) is 19.3 Å². The van der Waals surface area contributed by atoms with E-state index in [-0.39, 0.29) is 0 Å². The summed E-state index contributed by atoms with van der Waals surface area (Å²) in [5.74, 6) is 0. The van der Waals surface area contributed by atoms with Crippen LogP contribution >= 0.6 is 0 Å². The van der Waals surface area contributed by atoms with Gasteiger partial charge >= 0.3 is 14.1 Å². The number of carbonyl (C=O) groups is 1. The number of rotatable bonds is 13. The summed E-state index contributed by atoms with van der Waals surface area (Å²) in [7, 11) is 0. The lowest BCUT2D eigenvalue weighted by atomic mass is 10.2. The molecule has 1 nitrogen and oxygen atoms in total. The highest BCUT2D eigenvalue weighted by atomic mass is 27.2. The van der Waals surface area contributed by atoms with Crippen LogP contribution in [-0.2, 0) is 4.79 Å². The standard InChI is InChI=1S/2C7H15.CHO.Al/c2*1-3-5-7-6-4-2;1-2;/h2*1,3-7H2,2H3;1H;. The van der Waals surface area contributed by atoms with Crippen LogP contribution in [0.3, 0.4) is 0 Å². The van der Waals surface area contributed by atoms with Crippen molar-refractivity contribution >= 4 is 19.3 Å². The minimum Gasteiger partial charge on any atom is -0.324 e. The maximum Gasteiger partial charge on any atom is 0.360 e. The van der Waals surface area contributed by atoms with E-state index in [0.29, 0.717) is 0 Å². The molecule has 0 aromatic carbocycles. The normalized spacial score (nSPS) is 10.5. The van der Waals surface area contributed by atoms with Crippen LogP contribution < -0.4 is 0 Å². The number of carbonyl (C=O) groups excluding carboxylic acids is 1. The van der Waals surface area contributed by atoms with Gasteiger partial charge < -0.3 is 4.79 Å². The van der Waals surface area contributed by atoms with Gasteiger partial charge in [-0.05, 0) is 0 Å². The summed E-state index contributed by atoms with van der Waals surface area (Å²) in [5.41, 5.74) is 0. The Kier molecular flexibility index (Phi) is 14.4. The Morgan fingerprint density at radius 2 is 1.12 bits per heavy atom. The Morgan fingerprint density at radius 3 is 1.47 bits per heavy atom. The van der Waals surface area contributed by atoms with Crippen molar-refractivity contribution in [1.29, 1.82) is 0 Å². The molecule has 0 aliphatic rings. The van der Waals surface area contributed by atoms with Crippen LogP contribution in [0.4, 0.5) is 0 Å². The molecule has 0 heterocycles. The highest BCUT2D eigenvalue weighted by Crippen LogP contribution is 2.13. The van der Waals surface area contributed by atoms with E-state index in [1.807, 2.05) is 0 Å². The van der Waals surface area contributed by atoms with Gasteiger partial charge in [0.25, 0.3) is 0 Å². The van der Waals surface area contributed by atoms with Crippen molar-refractivity contribution in [3.8, 4) is 0 Å². The lowest BCUT2D eigenvalue weighted by Gasteiger charge is -2.05. The smallest absolute Gasteiger partial charge is 0.324 e. The Hall–Kier alpha value is 0.202. The summed E-state index contributed by atoms with van der Waals surface area (Å²) in [6, 6.07) is 0. The molecule has 0 atom stereocenters. The van der Waals surface area contributed by atoms with Crippen LogP contribution in [0.15, 0.2) is 0 Å². The lowest BCUT2D eigenvalue weighted by molar-refractivity contribution is 0.566. The summed E-state index contributed by atoms with van der Waals surface area (Å²) in [4.78, 5) is 11.0. The molecule has 0 N–H and O–H groups in total. The molecule has 100 valence electrons. The van der Waals surface area contributed by atoms with Gasteiger partial charge in [-0.25, -0.2) is 0 Å². The van der Waals surface area contributed by atoms with E-state index < -0.39 is 14.1 Å². The molecule has 0 rings (SSSR count). The molecule has 0 radical (unpaired) electrons. The van der Waals surface area contributed by atoms with Gasteiger partial charge in [0.15, 0.2) is 0 Å². The zero-order valence-corrected chi connectivity index (χ0v) is 13.2. The quantitative estimate of drug-likeness (QED) is 0.251. The Balaban J connectivity index is 3.33. The van der Waals surface area contributed by atoms with Crippen molar-refractivity contribution in [3.63, 3.8) is 0 Å². The van der Waals surface area contributed by atoms with Crippen molar-refractivity contribution in [3.05, 3.63) is 0 Å². The molecule has 0 aliphatic carbocycles. The average molecular weight is 254 g/mol. The summed E-state index contributed by atoms with van der Waals surface area (Å²) in [5, 5.41) is 3.86. The summed E-state index contributed by atoms with van der Waals surface area (Å²) >= 11 is -0.997. The third-order valence-electron chi connectivity index (χ3n) is 3.55. The highest BCUT2D eigenvalue weighted by Gasteiger charge is 2.15. The predicted molar refractivity (Wildman–Crippen MR) is 79.6 cm³/mol. The maximum atomic E-state index is 11.0. The first-order chi connectivity index (χ1) is 8.35. The third-order valence-corrected chi connectivity index (χ3v) is 6.23. The van der Waals surface area contributed by atoms with Crippen molar-refractivity contribution < 1.29 is 4.79 Å². The van der Waals surface area contributed by atoms with Crippen molar-refractivity contribution in [2.75, 3.05) is 0 Å². The predicted octanol–water partition coefficient (Wildman–Crippen LogP) is 5.19. The fourth-order valence-corrected chi connectivity index (χ4v) is 4.49. The maximum absolute atomic E-state index is 11.0. The van der Waals surface area contributed by atoms with E-state index in [9.17, 15) is 4.79 Å². The Bertz CT molecular complexity index is 145.